The summed E-state index contributed by atoms with van der Waals surface area (Å²) in [7, 11) is -3.58. The molecule has 1 amide bonds. The number of hydrogen-bond acceptors (Lipinski definition) is 4. The van der Waals surface area contributed by atoms with Crippen LogP contribution in [0, 0.1) is 5.92 Å². The molecule has 6 nitrogen and oxygen atoms in total. The van der Waals surface area contributed by atoms with Crippen LogP contribution in [0.3, 0.4) is 0 Å². The van der Waals surface area contributed by atoms with Crippen LogP contribution in [0.15, 0.2) is 71.6 Å². The van der Waals surface area contributed by atoms with Crippen molar-refractivity contribution in [2.45, 2.75) is 31.2 Å². The summed E-state index contributed by atoms with van der Waals surface area (Å²) in [5.74, 6) is 0.445. The quantitative estimate of drug-likeness (QED) is 0.589. The molecular formula is C25H28N2O4S. The lowest BCUT2D eigenvalue weighted by Crippen LogP contribution is -2.42. The predicted octanol–water partition coefficient (Wildman–Crippen LogP) is 3.96. The van der Waals surface area contributed by atoms with Crippen LogP contribution < -0.4 is 10.1 Å². The molecule has 0 atom stereocenters. The van der Waals surface area contributed by atoms with E-state index in [0.29, 0.717) is 44.8 Å². The lowest BCUT2D eigenvalue weighted by atomic mass is 9.97. The molecule has 0 bridgehead atoms. The number of carbonyl (C=O) groups excluding carboxylic acids is 1. The Morgan fingerprint density at radius 2 is 1.69 bits per heavy atom. The summed E-state index contributed by atoms with van der Waals surface area (Å²) in [6, 6.07) is 20.7. The van der Waals surface area contributed by atoms with Gasteiger partial charge in [-0.15, -0.1) is 0 Å². The molecule has 1 N–H and O–H groups in total. The molecule has 7 heteroatoms. The average molecular weight is 453 g/mol. The Kier molecular flexibility index (Phi) is 6.77. The van der Waals surface area contributed by atoms with Crippen molar-refractivity contribution in [3.63, 3.8) is 0 Å². The van der Waals surface area contributed by atoms with E-state index in [9.17, 15) is 13.2 Å². The van der Waals surface area contributed by atoms with Gasteiger partial charge in [0.1, 0.15) is 5.75 Å². The molecule has 0 spiro atoms. The van der Waals surface area contributed by atoms with Crippen LogP contribution in [0.25, 0.3) is 10.8 Å². The number of benzene rings is 3. The maximum atomic E-state index is 13.0. The zero-order chi connectivity index (χ0) is 22.6. The van der Waals surface area contributed by atoms with Gasteiger partial charge >= 0.3 is 0 Å². The summed E-state index contributed by atoms with van der Waals surface area (Å²) in [6.07, 6.45) is 1.02. The maximum absolute atomic E-state index is 13.0. The SMILES string of the molecule is CCOc1ccc(S(=O)(=O)N2CCC(C(=O)NCc3cccc4ccccc34)CC2)cc1. The molecule has 3 aromatic rings. The first kappa shape index (κ1) is 22.3. The molecule has 1 fully saturated rings. The summed E-state index contributed by atoms with van der Waals surface area (Å²) in [4.78, 5) is 13.0. The van der Waals surface area contributed by atoms with Gasteiger partial charge in [0.15, 0.2) is 0 Å². The molecule has 1 heterocycles. The van der Waals surface area contributed by atoms with Crippen LogP contribution in [0.4, 0.5) is 0 Å². The van der Waals surface area contributed by atoms with Crippen molar-refractivity contribution >= 4 is 26.7 Å². The zero-order valence-electron chi connectivity index (χ0n) is 18.2. The monoisotopic (exact) mass is 452 g/mol. The second-order valence-corrected chi connectivity index (χ2v) is 9.88. The largest absolute Gasteiger partial charge is 0.494 e. The fraction of sp³-hybridized carbons (Fsp3) is 0.320. The van der Waals surface area contributed by atoms with Crippen molar-refractivity contribution in [1.29, 1.82) is 0 Å². The number of fused-ring (bicyclic) bond motifs is 1. The number of amides is 1. The minimum Gasteiger partial charge on any atom is -0.494 e. The lowest BCUT2D eigenvalue weighted by molar-refractivity contribution is -0.126. The second kappa shape index (κ2) is 9.71. The Labute approximate surface area is 189 Å². The second-order valence-electron chi connectivity index (χ2n) is 7.94. The van der Waals surface area contributed by atoms with Gasteiger partial charge in [-0.1, -0.05) is 42.5 Å². The first-order chi connectivity index (χ1) is 15.5. The van der Waals surface area contributed by atoms with E-state index in [4.69, 9.17) is 4.74 Å². The van der Waals surface area contributed by atoms with E-state index >= 15 is 0 Å². The van der Waals surface area contributed by atoms with Gasteiger partial charge in [-0.2, -0.15) is 4.31 Å². The molecule has 168 valence electrons. The summed E-state index contributed by atoms with van der Waals surface area (Å²) < 4.78 is 32.8. The van der Waals surface area contributed by atoms with E-state index < -0.39 is 10.0 Å². The molecule has 1 aliphatic rings. The van der Waals surface area contributed by atoms with Gasteiger partial charge in [-0.3, -0.25) is 4.79 Å². The normalized spacial score (nSPS) is 15.5. The van der Waals surface area contributed by atoms with Gasteiger partial charge < -0.3 is 10.1 Å². The number of nitrogens with zero attached hydrogens (tertiary/aromatic N) is 1. The van der Waals surface area contributed by atoms with E-state index in [-0.39, 0.29) is 16.7 Å². The van der Waals surface area contributed by atoms with Gasteiger partial charge in [-0.05, 0) is 60.4 Å². The highest BCUT2D eigenvalue weighted by Crippen LogP contribution is 2.26. The molecule has 4 rings (SSSR count). The van der Waals surface area contributed by atoms with Crippen molar-refractivity contribution in [3.05, 3.63) is 72.3 Å². The molecule has 0 saturated carbocycles. The number of piperidine rings is 1. The summed E-state index contributed by atoms with van der Waals surface area (Å²) >= 11 is 0. The van der Waals surface area contributed by atoms with E-state index in [1.165, 1.54) is 4.31 Å². The Morgan fingerprint density at radius 1 is 1.00 bits per heavy atom. The number of sulfonamides is 1. The highest BCUT2D eigenvalue weighted by atomic mass is 32.2. The van der Waals surface area contributed by atoms with Gasteiger partial charge in [0.25, 0.3) is 0 Å². The molecule has 0 unspecified atom stereocenters. The Hall–Kier alpha value is -2.90. The number of carbonyl (C=O) groups is 1. The first-order valence-corrected chi connectivity index (χ1v) is 12.4. The fourth-order valence-electron chi connectivity index (χ4n) is 4.16. The van der Waals surface area contributed by atoms with Gasteiger partial charge in [-0.25, -0.2) is 8.42 Å². The molecule has 0 aliphatic carbocycles. The van der Waals surface area contributed by atoms with E-state index in [1.54, 1.807) is 24.3 Å². The van der Waals surface area contributed by atoms with E-state index in [0.717, 1.165) is 16.3 Å². The predicted molar refractivity (Wildman–Crippen MR) is 125 cm³/mol. The Balaban J connectivity index is 1.34. The highest BCUT2D eigenvalue weighted by molar-refractivity contribution is 7.89. The summed E-state index contributed by atoms with van der Waals surface area (Å²) in [5.41, 5.74) is 1.08. The number of hydrogen-bond donors (Lipinski definition) is 1. The molecule has 3 aromatic carbocycles. The molecule has 32 heavy (non-hydrogen) atoms. The van der Waals surface area contributed by atoms with Crippen molar-refractivity contribution in [2.24, 2.45) is 5.92 Å². The third kappa shape index (κ3) is 4.79. The van der Waals surface area contributed by atoms with Crippen LogP contribution in [-0.2, 0) is 21.4 Å². The molecule has 0 aromatic heterocycles. The smallest absolute Gasteiger partial charge is 0.243 e. The van der Waals surface area contributed by atoms with Crippen molar-refractivity contribution in [3.8, 4) is 5.75 Å². The molecule has 1 saturated heterocycles. The van der Waals surface area contributed by atoms with Crippen LogP contribution in [0.2, 0.25) is 0 Å². The van der Waals surface area contributed by atoms with E-state index in [2.05, 4.69) is 23.5 Å². The van der Waals surface area contributed by atoms with Gasteiger partial charge in [0, 0.05) is 25.6 Å². The summed E-state index contributed by atoms with van der Waals surface area (Å²) in [6.45, 7) is 3.55. The van der Waals surface area contributed by atoms with Crippen LogP contribution in [-0.4, -0.2) is 38.3 Å². The topological polar surface area (TPSA) is 75.7 Å². The Bertz CT molecular complexity index is 1180. The molecule has 0 radical (unpaired) electrons. The standard InChI is InChI=1S/C25H28N2O4S/c1-2-31-22-10-12-23(13-11-22)32(29,30)27-16-14-20(15-17-27)25(28)26-18-21-8-5-7-19-6-3-4-9-24(19)21/h3-13,20H,2,14-18H2,1H3,(H,26,28). The average Bonchev–Trinajstić information content (AvgIpc) is 2.83. The van der Waals surface area contributed by atoms with Crippen molar-refractivity contribution in [1.82, 2.24) is 9.62 Å². The van der Waals surface area contributed by atoms with Crippen molar-refractivity contribution in [2.75, 3.05) is 19.7 Å². The third-order valence-electron chi connectivity index (χ3n) is 5.93. The highest BCUT2D eigenvalue weighted by Gasteiger charge is 2.32. The third-order valence-corrected chi connectivity index (χ3v) is 7.84. The summed E-state index contributed by atoms with van der Waals surface area (Å²) in [5, 5.41) is 5.32. The number of nitrogens with one attached hydrogen (secondary N) is 1. The van der Waals surface area contributed by atoms with Gasteiger partial charge in [0.05, 0.1) is 11.5 Å². The first-order valence-electron chi connectivity index (χ1n) is 11.0. The van der Waals surface area contributed by atoms with Gasteiger partial charge in [0.2, 0.25) is 15.9 Å². The van der Waals surface area contributed by atoms with Crippen LogP contribution in [0.5, 0.6) is 5.75 Å². The Morgan fingerprint density at radius 3 is 2.41 bits per heavy atom. The van der Waals surface area contributed by atoms with E-state index in [1.807, 2.05) is 31.2 Å². The zero-order valence-corrected chi connectivity index (χ0v) is 19.0. The molecular weight excluding hydrogens is 424 g/mol. The minimum absolute atomic E-state index is 0.0175. The number of ether oxygens (including phenoxy) is 1. The van der Waals surface area contributed by atoms with Crippen molar-refractivity contribution < 1.29 is 17.9 Å². The minimum atomic E-state index is -3.58. The molecule has 1 aliphatic heterocycles. The lowest BCUT2D eigenvalue weighted by Gasteiger charge is -2.30. The van der Waals surface area contributed by atoms with Crippen LogP contribution in [0.1, 0.15) is 25.3 Å². The fourth-order valence-corrected chi connectivity index (χ4v) is 5.62. The maximum Gasteiger partial charge on any atom is 0.243 e. The number of rotatable bonds is 7. The van der Waals surface area contributed by atoms with Crippen LogP contribution >= 0.6 is 0 Å².